The summed E-state index contributed by atoms with van der Waals surface area (Å²) in [5.41, 5.74) is 5.71. The summed E-state index contributed by atoms with van der Waals surface area (Å²) in [6.07, 6.45) is 6.59. The van der Waals surface area contributed by atoms with Crippen molar-refractivity contribution < 1.29 is 13.2 Å². The van der Waals surface area contributed by atoms with Gasteiger partial charge in [0.15, 0.2) is 0 Å². The minimum Gasteiger partial charge on any atom is -0.351 e. The Morgan fingerprint density at radius 2 is 2.17 bits per heavy atom. The molecule has 3 unspecified atom stereocenters. The van der Waals surface area contributed by atoms with Crippen LogP contribution in [0.3, 0.4) is 0 Å². The van der Waals surface area contributed by atoms with Gasteiger partial charge in [-0.05, 0) is 25.5 Å². The highest BCUT2D eigenvalue weighted by Gasteiger charge is 2.29. The lowest BCUT2D eigenvalue weighted by Gasteiger charge is -2.21. The highest BCUT2D eigenvalue weighted by atomic mass is 32.2. The van der Waals surface area contributed by atoms with E-state index in [4.69, 9.17) is 5.73 Å². The van der Waals surface area contributed by atoms with Crippen LogP contribution in [0.4, 0.5) is 0 Å². The number of hydrogen-bond acceptors (Lipinski definition) is 5. The zero-order valence-electron chi connectivity index (χ0n) is 10.9. The third kappa shape index (κ3) is 5.16. The van der Waals surface area contributed by atoms with Crippen LogP contribution in [-0.4, -0.2) is 49.9 Å². The molecule has 1 aliphatic carbocycles. The van der Waals surface area contributed by atoms with Crippen molar-refractivity contribution >= 4 is 27.5 Å². The molecule has 0 aromatic heterocycles. The molecular formula is C11H22N2O3S2. The Morgan fingerprint density at radius 3 is 2.72 bits per heavy atom. The van der Waals surface area contributed by atoms with Gasteiger partial charge in [-0.15, -0.1) is 0 Å². The lowest BCUT2D eigenvalue weighted by Crippen LogP contribution is -2.47. The summed E-state index contributed by atoms with van der Waals surface area (Å²) < 4.78 is 22.0. The van der Waals surface area contributed by atoms with Gasteiger partial charge in [0, 0.05) is 17.5 Å². The predicted molar refractivity (Wildman–Crippen MR) is 75.4 cm³/mol. The maximum absolute atomic E-state index is 11.8. The number of nitrogens with two attached hydrogens (primary N) is 1. The summed E-state index contributed by atoms with van der Waals surface area (Å²) in [6.45, 7) is 0. The summed E-state index contributed by atoms with van der Waals surface area (Å²) in [5.74, 6) is -0.275. The van der Waals surface area contributed by atoms with Crippen LogP contribution in [0.15, 0.2) is 0 Å². The molecule has 0 radical (unpaired) electrons. The molecule has 1 saturated carbocycles. The quantitative estimate of drug-likeness (QED) is 0.728. The second-order valence-electron chi connectivity index (χ2n) is 4.85. The molecule has 1 aliphatic rings. The van der Waals surface area contributed by atoms with E-state index >= 15 is 0 Å². The Balaban J connectivity index is 2.40. The summed E-state index contributed by atoms with van der Waals surface area (Å²) in [7, 11) is -3.06. The molecule has 106 valence electrons. The first-order chi connectivity index (χ1) is 8.33. The fraction of sp³-hybridized carbons (Fsp3) is 0.909. The van der Waals surface area contributed by atoms with Crippen molar-refractivity contribution in [3.63, 3.8) is 0 Å². The standard InChI is InChI=1S/C11H22N2O3S2/c1-17-10-5-3-4-9(10)13-11(14)8(12)6-7-18(2,15)16/h8-10H,3-7,12H2,1-2H3,(H,13,14). The largest absolute Gasteiger partial charge is 0.351 e. The van der Waals surface area contributed by atoms with E-state index < -0.39 is 15.9 Å². The van der Waals surface area contributed by atoms with Gasteiger partial charge in [0.1, 0.15) is 9.84 Å². The van der Waals surface area contributed by atoms with E-state index in [1.54, 1.807) is 11.8 Å². The fourth-order valence-corrected chi connectivity index (χ4v) is 3.75. The van der Waals surface area contributed by atoms with E-state index in [1.807, 2.05) is 6.26 Å². The van der Waals surface area contributed by atoms with Crippen LogP contribution in [-0.2, 0) is 14.6 Å². The summed E-state index contributed by atoms with van der Waals surface area (Å²) >= 11 is 1.76. The lowest BCUT2D eigenvalue weighted by molar-refractivity contribution is -0.123. The zero-order valence-corrected chi connectivity index (χ0v) is 12.5. The van der Waals surface area contributed by atoms with Gasteiger partial charge in [-0.25, -0.2) is 8.42 Å². The molecule has 3 N–H and O–H groups in total. The van der Waals surface area contributed by atoms with Crippen molar-refractivity contribution in [2.45, 2.75) is 43.0 Å². The first-order valence-electron chi connectivity index (χ1n) is 6.10. The van der Waals surface area contributed by atoms with Gasteiger partial charge in [0.2, 0.25) is 5.91 Å². The number of sulfone groups is 1. The first-order valence-corrected chi connectivity index (χ1v) is 9.45. The molecule has 0 aromatic rings. The first kappa shape index (κ1) is 15.8. The molecule has 1 fully saturated rings. The number of nitrogens with one attached hydrogen (secondary N) is 1. The Kier molecular flexibility index (Phi) is 5.94. The van der Waals surface area contributed by atoms with Gasteiger partial charge in [0.25, 0.3) is 0 Å². The molecule has 1 amide bonds. The molecule has 18 heavy (non-hydrogen) atoms. The number of carbonyl (C=O) groups is 1. The molecule has 7 heteroatoms. The average molecular weight is 294 g/mol. The van der Waals surface area contributed by atoms with Gasteiger partial charge in [0.05, 0.1) is 11.8 Å². The SMILES string of the molecule is CSC1CCCC1NC(=O)C(N)CCS(C)(=O)=O. The minimum atomic E-state index is -3.06. The highest BCUT2D eigenvalue weighted by Crippen LogP contribution is 2.28. The van der Waals surface area contributed by atoms with E-state index in [2.05, 4.69) is 5.32 Å². The number of carbonyl (C=O) groups excluding carboxylic acids is 1. The Labute approximate surface area is 113 Å². The summed E-state index contributed by atoms with van der Waals surface area (Å²) in [4.78, 5) is 11.8. The third-order valence-corrected chi connectivity index (χ3v) is 5.37. The van der Waals surface area contributed by atoms with Crippen LogP contribution in [0.5, 0.6) is 0 Å². The lowest BCUT2D eigenvalue weighted by atomic mass is 10.2. The van der Waals surface area contributed by atoms with E-state index in [-0.39, 0.29) is 24.1 Å². The van der Waals surface area contributed by atoms with Gasteiger partial charge in [-0.3, -0.25) is 4.79 Å². The number of hydrogen-bond donors (Lipinski definition) is 2. The van der Waals surface area contributed by atoms with Crippen molar-refractivity contribution in [1.29, 1.82) is 0 Å². The second kappa shape index (κ2) is 6.77. The molecule has 0 saturated heterocycles. The molecule has 0 spiro atoms. The van der Waals surface area contributed by atoms with Crippen molar-refractivity contribution in [2.24, 2.45) is 5.73 Å². The van der Waals surface area contributed by atoms with Crippen LogP contribution in [0.1, 0.15) is 25.7 Å². The smallest absolute Gasteiger partial charge is 0.237 e. The molecule has 0 bridgehead atoms. The molecule has 0 heterocycles. The van der Waals surface area contributed by atoms with Crippen LogP contribution in [0, 0.1) is 0 Å². The number of amides is 1. The van der Waals surface area contributed by atoms with E-state index in [0.29, 0.717) is 5.25 Å². The number of rotatable bonds is 6. The monoisotopic (exact) mass is 294 g/mol. The molecule has 3 atom stereocenters. The van der Waals surface area contributed by atoms with E-state index in [1.165, 1.54) is 0 Å². The Bertz CT molecular complexity index is 384. The summed E-state index contributed by atoms with van der Waals surface area (Å²) in [5, 5.41) is 3.39. The van der Waals surface area contributed by atoms with Gasteiger partial charge < -0.3 is 11.1 Å². The maximum Gasteiger partial charge on any atom is 0.237 e. The van der Waals surface area contributed by atoms with E-state index in [0.717, 1.165) is 25.5 Å². The zero-order chi connectivity index (χ0) is 13.8. The molecule has 0 aliphatic heterocycles. The van der Waals surface area contributed by atoms with Crippen molar-refractivity contribution in [3.05, 3.63) is 0 Å². The van der Waals surface area contributed by atoms with Crippen LogP contribution >= 0.6 is 11.8 Å². The molecular weight excluding hydrogens is 272 g/mol. The number of thioether (sulfide) groups is 1. The Hall–Kier alpha value is -0.270. The normalized spacial score (nSPS) is 25.9. The molecule has 1 rings (SSSR count). The third-order valence-electron chi connectivity index (χ3n) is 3.22. The fourth-order valence-electron chi connectivity index (χ4n) is 2.14. The molecule has 5 nitrogen and oxygen atoms in total. The van der Waals surface area contributed by atoms with E-state index in [9.17, 15) is 13.2 Å². The Morgan fingerprint density at radius 1 is 1.50 bits per heavy atom. The minimum absolute atomic E-state index is 0.0434. The van der Waals surface area contributed by atoms with Crippen molar-refractivity contribution in [2.75, 3.05) is 18.3 Å². The highest BCUT2D eigenvalue weighted by molar-refractivity contribution is 7.99. The van der Waals surface area contributed by atoms with Crippen LogP contribution in [0.2, 0.25) is 0 Å². The average Bonchev–Trinajstić information content (AvgIpc) is 2.72. The molecule has 0 aromatic carbocycles. The predicted octanol–water partition coefficient (Wildman–Crippen LogP) is 0.149. The van der Waals surface area contributed by atoms with Gasteiger partial charge in [-0.1, -0.05) is 6.42 Å². The van der Waals surface area contributed by atoms with Crippen LogP contribution < -0.4 is 11.1 Å². The van der Waals surface area contributed by atoms with Gasteiger partial charge >= 0.3 is 0 Å². The summed E-state index contributed by atoms with van der Waals surface area (Å²) in [6, 6.07) is -0.556. The maximum atomic E-state index is 11.8. The topological polar surface area (TPSA) is 89.3 Å². The van der Waals surface area contributed by atoms with Crippen molar-refractivity contribution in [1.82, 2.24) is 5.32 Å². The van der Waals surface area contributed by atoms with Crippen LogP contribution in [0.25, 0.3) is 0 Å². The van der Waals surface area contributed by atoms with Gasteiger partial charge in [-0.2, -0.15) is 11.8 Å². The second-order valence-corrected chi connectivity index (χ2v) is 8.18. The van der Waals surface area contributed by atoms with Crippen molar-refractivity contribution in [3.8, 4) is 0 Å².